The molecule has 0 saturated heterocycles. The molecule has 47 heavy (non-hydrogen) atoms. The standard InChI is InChI=1S/C34H30ClN5O5S2/c1-19-20(2)46-34-30(19)31(37-28(17-29(41)45-4)32-39-38-21(3)40(32)34)25-11-7-23(8-12-25)24-9-13-26(14-10-24)33(42)36-18-22-5-15-27(16-6-22)47(35,43)44/h5-16,28H,17-18H2,1-4H3,(H,36,42)/t28-/m0/s1. The molecule has 6 rings (SSSR count). The van der Waals surface area contributed by atoms with Crippen LogP contribution in [0.2, 0.25) is 0 Å². The third-order valence-electron chi connectivity index (χ3n) is 8.12. The summed E-state index contributed by atoms with van der Waals surface area (Å²) in [6.45, 7) is 6.29. The first-order chi connectivity index (χ1) is 22.4. The van der Waals surface area contributed by atoms with Crippen molar-refractivity contribution in [3.63, 3.8) is 0 Å². The van der Waals surface area contributed by atoms with Gasteiger partial charge in [-0.3, -0.25) is 19.1 Å². The van der Waals surface area contributed by atoms with Gasteiger partial charge in [0, 0.05) is 38.8 Å². The molecule has 5 aromatic rings. The number of rotatable bonds is 8. The van der Waals surface area contributed by atoms with Gasteiger partial charge < -0.3 is 10.1 Å². The summed E-state index contributed by atoms with van der Waals surface area (Å²) in [5.41, 5.74) is 6.91. The van der Waals surface area contributed by atoms with Crippen molar-refractivity contribution in [2.45, 2.75) is 44.7 Å². The number of benzene rings is 3. The number of nitrogens with one attached hydrogen (secondary N) is 1. The van der Waals surface area contributed by atoms with E-state index in [4.69, 9.17) is 20.4 Å². The summed E-state index contributed by atoms with van der Waals surface area (Å²) in [4.78, 5) is 31.5. The Kier molecular flexibility index (Phi) is 8.84. The molecule has 1 aliphatic rings. The van der Waals surface area contributed by atoms with Gasteiger partial charge in [0.25, 0.3) is 15.0 Å². The number of thiophene rings is 1. The largest absolute Gasteiger partial charge is 0.469 e. The van der Waals surface area contributed by atoms with Crippen molar-refractivity contribution in [2.75, 3.05) is 7.11 Å². The molecule has 3 aromatic carbocycles. The first-order valence-electron chi connectivity index (χ1n) is 14.6. The lowest BCUT2D eigenvalue weighted by Crippen LogP contribution is -2.22. The van der Waals surface area contributed by atoms with Crippen molar-refractivity contribution < 1.29 is 22.7 Å². The first kappa shape index (κ1) is 32.3. The Labute approximate surface area is 280 Å². The third-order valence-corrected chi connectivity index (χ3v) is 10.7. The lowest BCUT2D eigenvalue weighted by atomic mass is 9.96. The van der Waals surface area contributed by atoms with E-state index in [9.17, 15) is 18.0 Å². The zero-order chi connectivity index (χ0) is 33.5. The van der Waals surface area contributed by atoms with Crippen LogP contribution >= 0.6 is 22.0 Å². The summed E-state index contributed by atoms with van der Waals surface area (Å²) in [6.07, 6.45) is 0.0355. The molecule has 1 aliphatic heterocycles. The number of ether oxygens (including phenoxy) is 1. The number of halogens is 1. The van der Waals surface area contributed by atoms with E-state index in [-0.39, 0.29) is 29.7 Å². The van der Waals surface area contributed by atoms with Gasteiger partial charge in [0.2, 0.25) is 0 Å². The molecule has 0 bridgehead atoms. The molecule has 10 nitrogen and oxygen atoms in total. The van der Waals surface area contributed by atoms with Crippen LogP contribution in [0.1, 0.15) is 61.6 Å². The average Bonchev–Trinajstić information content (AvgIpc) is 3.55. The number of carbonyl (C=O) groups excluding carboxylic acids is 2. The minimum atomic E-state index is -3.80. The van der Waals surface area contributed by atoms with Crippen LogP contribution in [0, 0.1) is 20.8 Å². The molecule has 3 heterocycles. The van der Waals surface area contributed by atoms with E-state index >= 15 is 0 Å². The summed E-state index contributed by atoms with van der Waals surface area (Å²) in [7, 11) is 2.93. The third kappa shape index (κ3) is 6.49. The molecule has 0 radical (unpaired) electrons. The smallest absolute Gasteiger partial charge is 0.308 e. The molecule has 0 aliphatic carbocycles. The number of amides is 1. The van der Waals surface area contributed by atoms with Gasteiger partial charge in [-0.05, 0) is 67.3 Å². The second kappa shape index (κ2) is 12.9. The summed E-state index contributed by atoms with van der Waals surface area (Å²) in [5, 5.41) is 12.5. The van der Waals surface area contributed by atoms with Crippen molar-refractivity contribution in [2.24, 2.45) is 4.99 Å². The van der Waals surface area contributed by atoms with E-state index in [2.05, 4.69) is 29.4 Å². The maximum Gasteiger partial charge on any atom is 0.308 e. The SMILES string of the molecule is COC(=O)C[C@@H]1N=C(c2ccc(-c3ccc(C(=O)NCc4ccc(S(=O)(=O)Cl)cc4)cc3)cc2)c2c(sc(C)c2C)-n2c(C)nnc21. The molecule has 1 N–H and O–H groups in total. The number of esters is 1. The molecule has 240 valence electrons. The fourth-order valence-corrected chi connectivity index (χ4v) is 7.44. The molecular formula is C34H30ClN5O5S2. The van der Waals surface area contributed by atoms with Gasteiger partial charge in [-0.15, -0.1) is 21.5 Å². The Balaban J connectivity index is 1.23. The maximum absolute atomic E-state index is 12.8. The Morgan fingerprint density at radius 2 is 1.53 bits per heavy atom. The van der Waals surface area contributed by atoms with Crippen LogP contribution in [0.25, 0.3) is 16.1 Å². The van der Waals surface area contributed by atoms with Crippen LogP contribution in [0.4, 0.5) is 0 Å². The van der Waals surface area contributed by atoms with Crippen molar-refractivity contribution in [3.05, 3.63) is 117 Å². The van der Waals surface area contributed by atoms with Gasteiger partial charge in [0.15, 0.2) is 5.82 Å². The van der Waals surface area contributed by atoms with Gasteiger partial charge in [0.1, 0.15) is 16.9 Å². The van der Waals surface area contributed by atoms with E-state index in [1.165, 1.54) is 19.2 Å². The van der Waals surface area contributed by atoms with Crippen LogP contribution < -0.4 is 5.32 Å². The quantitative estimate of drug-likeness (QED) is 0.151. The molecule has 1 atom stereocenters. The summed E-state index contributed by atoms with van der Waals surface area (Å²) >= 11 is 1.65. The highest BCUT2D eigenvalue weighted by molar-refractivity contribution is 8.13. The van der Waals surface area contributed by atoms with Crippen LogP contribution in [0.3, 0.4) is 0 Å². The predicted octanol–water partition coefficient (Wildman–Crippen LogP) is 6.23. The summed E-state index contributed by atoms with van der Waals surface area (Å²) in [5.74, 6) is 0.691. The molecule has 2 aromatic heterocycles. The average molecular weight is 688 g/mol. The second-order valence-corrected chi connectivity index (χ2v) is 14.9. The van der Waals surface area contributed by atoms with E-state index in [0.29, 0.717) is 11.4 Å². The van der Waals surface area contributed by atoms with Gasteiger partial charge in [-0.25, -0.2) is 8.42 Å². The number of fused-ring (bicyclic) bond motifs is 3. The van der Waals surface area contributed by atoms with E-state index in [1.54, 1.807) is 35.6 Å². The number of aliphatic imine (C=N–C) groups is 1. The van der Waals surface area contributed by atoms with Crippen molar-refractivity contribution in [1.82, 2.24) is 20.1 Å². The van der Waals surface area contributed by atoms with Crippen molar-refractivity contribution in [1.29, 1.82) is 0 Å². The highest BCUT2D eigenvalue weighted by atomic mass is 35.7. The first-order valence-corrected chi connectivity index (χ1v) is 17.8. The zero-order valence-electron chi connectivity index (χ0n) is 25.9. The molecule has 13 heteroatoms. The predicted molar refractivity (Wildman–Crippen MR) is 181 cm³/mol. The Morgan fingerprint density at radius 3 is 2.15 bits per heavy atom. The van der Waals surface area contributed by atoms with Gasteiger partial charge in [0.05, 0.1) is 24.1 Å². The molecule has 0 spiro atoms. The zero-order valence-corrected chi connectivity index (χ0v) is 28.3. The minimum absolute atomic E-state index is 0.00426. The molecular weight excluding hydrogens is 658 g/mol. The fourth-order valence-electron chi connectivity index (χ4n) is 5.45. The molecule has 0 fully saturated rings. The van der Waals surface area contributed by atoms with Crippen LogP contribution in [-0.2, 0) is 25.1 Å². The number of hydrogen-bond donors (Lipinski definition) is 1. The fraction of sp³-hybridized carbons (Fsp3) is 0.206. The lowest BCUT2D eigenvalue weighted by molar-refractivity contribution is -0.141. The number of hydrogen-bond acceptors (Lipinski definition) is 9. The minimum Gasteiger partial charge on any atom is -0.469 e. The van der Waals surface area contributed by atoms with E-state index < -0.39 is 15.1 Å². The molecule has 0 saturated carbocycles. The number of carbonyl (C=O) groups is 2. The summed E-state index contributed by atoms with van der Waals surface area (Å²) in [6, 6.07) is 20.8. The highest BCUT2D eigenvalue weighted by Crippen LogP contribution is 2.39. The Morgan fingerprint density at radius 1 is 0.915 bits per heavy atom. The number of aryl methyl sites for hydroxylation is 2. The lowest BCUT2D eigenvalue weighted by Gasteiger charge is -2.12. The van der Waals surface area contributed by atoms with Crippen molar-refractivity contribution in [3.8, 4) is 16.1 Å². The van der Waals surface area contributed by atoms with Crippen LogP contribution in [0.15, 0.2) is 82.7 Å². The molecule has 0 unspecified atom stereocenters. The van der Waals surface area contributed by atoms with Crippen molar-refractivity contribution >= 4 is 48.7 Å². The molecule has 1 amide bonds. The Bertz CT molecular complexity index is 2140. The number of methoxy groups -OCH3 is 1. The Hall–Kier alpha value is -4.65. The number of nitrogens with zero attached hydrogens (tertiary/aromatic N) is 4. The highest BCUT2D eigenvalue weighted by Gasteiger charge is 2.32. The van der Waals surface area contributed by atoms with Gasteiger partial charge in [-0.1, -0.05) is 48.5 Å². The van der Waals surface area contributed by atoms with Crippen LogP contribution in [0.5, 0.6) is 0 Å². The monoisotopic (exact) mass is 687 g/mol. The number of aromatic nitrogens is 3. The van der Waals surface area contributed by atoms with Crippen LogP contribution in [-0.4, -0.2) is 47.9 Å². The normalized spacial score (nSPS) is 14.1. The maximum atomic E-state index is 12.8. The van der Waals surface area contributed by atoms with E-state index in [1.807, 2.05) is 47.9 Å². The summed E-state index contributed by atoms with van der Waals surface area (Å²) < 4.78 is 29.9. The topological polar surface area (TPSA) is 133 Å². The van der Waals surface area contributed by atoms with Gasteiger partial charge >= 0.3 is 5.97 Å². The van der Waals surface area contributed by atoms with E-state index in [0.717, 1.165) is 54.8 Å². The van der Waals surface area contributed by atoms with Gasteiger partial charge in [-0.2, -0.15) is 0 Å². The second-order valence-electron chi connectivity index (χ2n) is 11.1.